The van der Waals surface area contributed by atoms with Crippen LogP contribution in [0.3, 0.4) is 0 Å². The number of aryl methyl sites for hydroxylation is 5. The molecule has 3 aromatic heterocycles. The number of pyridine rings is 2. The zero-order chi connectivity index (χ0) is 47.1. The topological polar surface area (TPSA) is 200 Å². The van der Waals surface area contributed by atoms with Gasteiger partial charge < -0.3 is 29.2 Å². The number of terminal acetylenes is 1. The van der Waals surface area contributed by atoms with E-state index in [1.807, 2.05) is 31.9 Å². The minimum absolute atomic E-state index is 0.00600. The molecule has 3 heterocycles. The maximum atomic E-state index is 12.3. The number of halogens is 6. The number of azide groups is 1. The van der Waals surface area contributed by atoms with Gasteiger partial charge in [-0.15, -0.1) is 37.9 Å². The van der Waals surface area contributed by atoms with E-state index in [1.54, 1.807) is 45.8 Å². The number of amides is 2. The van der Waals surface area contributed by atoms with E-state index in [9.17, 15) is 45.5 Å². The number of carbonyl (C=O) groups is 2. The lowest BCUT2D eigenvalue weighted by molar-refractivity contribution is -0.275. The summed E-state index contributed by atoms with van der Waals surface area (Å²) in [6.07, 6.45) is 3.50. The molecule has 340 valence electrons. The number of nitrogens with one attached hydrogen (secondary N) is 2. The van der Waals surface area contributed by atoms with Crippen LogP contribution in [0.2, 0.25) is 0 Å². The van der Waals surface area contributed by atoms with E-state index in [-0.39, 0.29) is 41.4 Å². The molecular weight excluding hydrogens is 855 g/mol. The van der Waals surface area contributed by atoms with E-state index in [0.717, 1.165) is 36.8 Å². The fraction of sp³-hybridized carbons (Fsp3) is 0.333. The van der Waals surface area contributed by atoms with Gasteiger partial charge in [-0.1, -0.05) is 34.6 Å². The predicted octanol–water partition coefficient (Wildman–Crippen LogP) is 7.14. The number of carbonyl (C=O) groups excluding carboxylic acids is 2. The third-order valence-corrected chi connectivity index (χ3v) is 8.38. The van der Waals surface area contributed by atoms with Gasteiger partial charge in [0.15, 0.2) is 5.69 Å². The second kappa shape index (κ2) is 25.4. The maximum absolute atomic E-state index is 12.3. The molecule has 0 unspecified atom stereocenters. The normalized spacial score (nSPS) is 10.7. The Morgan fingerprint density at radius 1 is 0.766 bits per heavy atom. The van der Waals surface area contributed by atoms with Crippen molar-refractivity contribution in [3.63, 3.8) is 0 Å². The summed E-state index contributed by atoms with van der Waals surface area (Å²) in [7, 11) is 0. The van der Waals surface area contributed by atoms with E-state index >= 15 is 0 Å². The van der Waals surface area contributed by atoms with Crippen LogP contribution in [0.5, 0.6) is 11.5 Å². The first kappa shape index (κ1) is 50.8. The van der Waals surface area contributed by atoms with Gasteiger partial charge >= 0.3 is 12.7 Å². The highest BCUT2D eigenvalue weighted by Crippen LogP contribution is 2.24. The first-order chi connectivity index (χ1) is 30.3. The quantitative estimate of drug-likeness (QED) is 0.0245. The number of benzene rings is 2. The van der Waals surface area contributed by atoms with Crippen molar-refractivity contribution in [2.24, 2.45) is 5.11 Å². The molecule has 5 rings (SSSR count). The molecule has 0 spiro atoms. The van der Waals surface area contributed by atoms with Gasteiger partial charge in [0.2, 0.25) is 0 Å². The molecule has 0 saturated carbocycles. The Hall–Kier alpha value is -7.53. The summed E-state index contributed by atoms with van der Waals surface area (Å²) in [5.74, 6) is -0.00212. The molecule has 2 aromatic carbocycles. The Morgan fingerprint density at radius 2 is 1.27 bits per heavy atom. The van der Waals surface area contributed by atoms with Gasteiger partial charge in [-0.2, -0.15) is 0 Å². The number of hydrogen-bond acceptors (Lipinski definition) is 9. The van der Waals surface area contributed by atoms with Crippen LogP contribution in [0, 0.1) is 26.2 Å². The molecule has 0 aliphatic carbocycles. The summed E-state index contributed by atoms with van der Waals surface area (Å²) in [5, 5.41) is 16.1. The van der Waals surface area contributed by atoms with Gasteiger partial charge in [0.1, 0.15) is 11.5 Å². The molecule has 5 aromatic rings. The smallest absolute Gasteiger partial charge is 0.406 e. The number of aromatic nitrogens is 5. The molecule has 16 nitrogen and oxygen atoms in total. The highest BCUT2D eigenvalue weighted by atomic mass is 19.4. The average Bonchev–Trinajstić information content (AvgIpc) is 3.71. The van der Waals surface area contributed by atoms with Crippen LogP contribution < -0.4 is 31.2 Å². The Morgan fingerprint density at radius 3 is 1.75 bits per heavy atom. The summed E-state index contributed by atoms with van der Waals surface area (Å²) in [6.45, 7) is 6.09. The third kappa shape index (κ3) is 20.4. The summed E-state index contributed by atoms with van der Waals surface area (Å²) in [5.41, 5.74) is 10.9. The third-order valence-electron chi connectivity index (χ3n) is 8.38. The van der Waals surface area contributed by atoms with Crippen LogP contribution in [0.4, 0.5) is 26.3 Å². The lowest BCUT2D eigenvalue weighted by Gasteiger charge is -2.10. The van der Waals surface area contributed by atoms with Crippen molar-refractivity contribution in [2.75, 3.05) is 6.54 Å². The number of hydrogen-bond donors (Lipinski definition) is 2. The lowest BCUT2D eigenvalue weighted by atomic mass is 10.2. The molecule has 0 bridgehead atoms. The predicted molar refractivity (Wildman–Crippen MR) is 221 cm³/mol. The van der Waals surface area contributed by atoms with Crippen molar-refractivity contribution >= 4 is 11.8 Å². The van der Waals surface area contributed by atoms with Gasteiger partial charge in [-0.3, -0.25) is 23.9 Å². The Balaban J connectivity index is 0.000000286. The van der Waals surface area contributed by atoms with Crippen LogP contribution in [0.25, 0.3) is 10.4 Å². The van der Waals surface area contributed by atoms with E-state index in [0.29, 0.717) is 37.3 Å². The Kier molecular flexibility index (Phi) is 20.2. The molecule has 0 aliphatic rings. The molecule has 0 fully saturated rings. The van der Waals surface area contributed by atoms with E-state index in [1.165, 1.54) is 47.3 Å². The maximum Gasteiger partial charge on any atom is 0.573 e. The molecule has 22 heteroatoms. The van der Waals surface area contributed by atoms with Gasteiger partial charge in [0.25, 0.3) is 22.9 Å². The molecule has 0 aliphatic heterocycles. The highest BCUT2D eigenvalue weighted by molar-refractivity contribution is 5.92. The van der Waals surface area contributed by atoms with Gasteiger partial charge in [-0.25, -0.2) is 0 Å². The van der Waals surface area contributed by atoms with Crippen LogP contribution in [-0.2, 0) is 37.5 Å². The van der Waals surface area contributed by atoms with Gasteiger partial charge in [0, 0.05) is 68.7 Å². The largest absolute Gasteiger partial charge is 0.573 e. The highest BCUT2D eigenvalue weighted by Gasteiger charge is 2.31. The minimum Gasteiger partial charge on any atom is -0.406 e. The summed E-state index contributed by atoms with van der Waals surface area (Å²) < 4.78 is 85.1. The van der Waals surface area contributed by atoms with E-state index < -0.39 is 24.5 Å². The lowest BCUT2D eigenvalue weighted by Crippen LogP contribution is -2.23. The molecule has 0 atom stereocenters. The minimum atomic E-state index is -4.78. The van der Waals surface area contributed by atoms with Crippen molar-refractivity contribution < 1.29 is 45.4 Å². The zero-order valence-electron chi connectivity index (χ0n) is 34.6. The number of rotatable bonds is 17. The summed E-state index contributed by atoms with van der Waals surface area (Å²) in [6, 6.07) is 17.6. The van der Waals surface area contributed by atoms with Crippen molar-refractivity contribution in [1.29, 1.82) is 0 Å². The second-order valence-corrected chi connectivity index (χ2v) is 13.6. The SMILES string of the molecule is C#CC(=O)NCc1cccc(OC(F)(F)F)c1.Cc1ccn(CCCCN=[N+]=[N-])c(=O)c1.Cc1ccn(CCCCn2cc(C(=O)NCc3cccc(OC(F)(F)F)c3)nn2)c(=O)c1. The number of alkyl halides is 6. The second-order valence-electron chi connectivity index (χ2n) is 13.6. The van der Waals surface area contributed by atoms with Crippen LogP contribution >= 0.6 is 0 Å². The first-order valence-corrected chi connectivity index (χ1v) is 19.3. The van der Waals surface area contributed by atoms with Crippen molar-refractivity contribution in [3.05, 3.63) is 150 Å². The molecule has 0 radical (unpaired) electrons. The fourth-order valence-electron chi connectivity index (χ4n) is 5.37. The molecule has 0 saturated heterocycles. The van der Waals surface area contributed by atoms with Gasteiger partial charge in [0.05, 0.1) is 6.20 Å². The van der Waals surface area contributed by atoms with E-state index in [4.69, 9.17) is 12.0 Å². The molecule has 2 N–H and O–H groups in total. The van der Waals surface area contributed by atoms with Crippen LogP contribution in [0.15, 0.2) is 106 Å². The fourth-order valence-corrected chi connectivity index (χ4v) is 5.37. The van der Waals surface area contributed by atoms with Crippen molar-refractivity contribution in [3.8, 4) is 23.8 Å². The Bertz CT molecular complexity index is 2510. The summed E-state index contributed by atoms with van der Waals surface area (Å²) >= 11 is 0. The number of nitrogens with zero attached hydrogens (tertiary/aromatic N) is 8. The number of unbranched alkanes of at least 4 members (excludes halogenated alkanes) is 2. The van der Waals surface area contributed by atoms with E-state index in [2.05, 4.69) is 40.4 Å². The van der Waals surface area contributed by atoms with Crippen LogP contribution in [-0.4, -0.2) is 55.2 Å². The first-order valence-electron chi connectivity index (χ1n) is 19.3. The monoisotopic (exact) mass is 898 g/mol. The standard InChI is InChI=1S/C21H22F3N5O3.C11H8F3NO2.C10H14N4O/c1-15-7-10-28(19(30)11-15)8-2-3-9-29-14-18(26-27-29)20(31)25-13-16-5-4-6-17(12-16)32-21(22,23)24;1-2-10(16)15-7-8-4-3-5-9(6-8)17-11(12,13)14;1-9-4-7-14(10(15)8-9)6-3-2-5-12-13-11/h4-7,10-12,14H,2-3,8-9,13H2,1H3,(H,25,31);1,3-6H,7H2,(H,15,16);4,7-8H,2-3,5-6H2,1H3. The van der Waals surface area contributed by atoms with Gasteiger partial charge in [-0.05, 0) is 110 Å². The van der Waals surface area contributed by atoms with Crippen molar-refractivity contribution in [1.82, 2.24) is 34.8 Å². The molecule has 64 heavy (non-hydrogen) atoms. The average molecular weight is 899 g/mol. The van der Waals surface area contributed by atoms with Crippen molar-refractivity contribution in [2.45, 2.75) is 85.0 Å². The molecule has 2 amide bonds. The summed E-state index contributed by atoms with van der Waals surface area (Å²) in [4.78, 5) is 49.0. The molecular formula is C42H44F6N10O6. The zero-order valence-corrected chi connectivity index (χ0v) is 34.6. The Labute approximate surface area is 362 Å². The number of ether oxygens (including phenoxy) is 2. The van der Waals surface area contributed by atoms with Crippen LogP contribution in [0.1, 0.15) is 58.4 Å².